The number of thiophene rings is 2. The molecule has 23 rings (SSSR count). The molecule has 20 heteroatoms. The Hall–Kier alpha value is -9.05. The van der Waals surface area contributed by atoms with E-state index in [2.05, 4.69) is 241 Å². The Balaban J connectivity index is 0.000000106. The molecule has 0 aliphatic heterocycles. The van der Waals surface area contributed by atoms with Crippen molar-refractivity contribution in [3.05, 3.63) is 287 Å². The minimum atomic E-state index is 0. The maximum Gasteiger partial charge on any atom is 0.127 e. The molecule has 0 fully saturated rings. The van der Waals surface area contributed by atoms with E-state index in [4.69, 9.17) is 4.98 Å². The Kier molecular flexibility index (Phi) is 18.9. The predicted octanol–water partition coefficient (Wildman–Crippen LogP) is 18.8. The fourth-order valence-corrected chi connectivity index (χ4v) is 16.0. The summed E-state index contributed by atoms with van der Waals surface area (Å²) >= 11 is 3.67. The first-order chi connectivity index (χ1) is 46.9. The summed E-state index contributed by atoms with van der Waals surface area (Å²) in [5.41, 5.74) is 10.7. The molecule has 0 aliphatic carbocycles. The average Bonchev–Trinajstić information content (AvgIpc) is 1.58. The van der Waals surface area contributed by atoms with Gasteiger partial charge in [0.1, 0.15) is 6.33 Å². The van der Waals surface area contributed by atoms with Crippen molar-refractivity contribution in [3.63, 3.8) is 0 Å². The van der Waals surface area contributed by atoms with Crippen LogP contribution in [0, 0.1) is 30.3 Å². The van der Waals surface area contributed by atoms with Crippen molar-refractivity contribution >= 4 is 189 Å². The Morgan fingerprint density at radius 2 is 0.920 bits per heavy atom. The van der Waals surface area contributed by atoms with Crippen LogP contribution in [0.15, 0.2) is 257 Å². The topological polar surface area (TPSA) is 109 Å². The summed E-state index contributed by atoms with van der Waals surface area (Å²) in [5, 5.41) is 24.3. The van der Waals surface area contributed by atoms with Crippen LogP contribution in [0.4, 0.5) is 0 Å². The van der Waals surface area contributed by atoms with Crippen LogP contribution in [0.25, 0.3) is 166 Å². The summed E-state index contributed by atoms with van der Waals surface area (Å²) in [7, 11) is 4.19. The quantitative estimate of drug-likeness (QED) is 0.140. The van der Waals surface area contributed by atoms with Crippen LogP contribution in [-0.4, -0.2) is 61.3 Å². The number of aromatic nitrogens is 13. The molecular formula is C80H48Ir5N13S2-5. The molecular weight excluding hydrogens is 2170 g/mol. The zero-order valence-electron chi connectivity index (χ0n) is 52.5. The third kappa shape index (κ3) is 11.3. The fourth-order valence-electron chi connectivity index (χ4n) is 13.8. The van der Waals surface area contributed by atoms with Crippen LogP contribution in [0.1, 0.15) is 0 Å². The number of fused-ring (bicyclic) bond motifs is 30. The van der Waals surface area contributed by atoms with E-state index in [1.54, 1.807) is 10.8 Å². The minimum Gasteiger partial charge on any atom is -0.368 e. The molecule has 0 unspecified atom stereocenters. The predicted molar refractivity (Wildman–Crippen MR) is 389 cm³/mol. The van der Waals surface area contributed by atoms with Crippen molar-refractivity contribution in [1.29, 1.82) is 0 Å². The van der Waals surface area contributed by atoms with Gasteiger partial charge in [0.2, 0.25) is 0 Å². The second kappa shape index (κ2) is 27.8. The van der Waals surface area contributed by atoms with Gasteiger partial charge in [-0.3, -0.25) is 29.4 Å². The van der Waals surface area contributed by atoms with E-state index < -0.39 is 0 Å². The van der Waals surface area contributed by atoms with Crippen molar-refractivity contribution in [1.82, 2.24) is 61.3 Å². The van der Waals surface area contributed by atoms with Crippen LogP contribution >= 0.6 is 22.7 Å². The Morgan fingerprint density at radius 3 is 1.62 bits per heavy atom. The van der Waals surface area contributed by atoms with Crippen molar-refractivity contribution < 1.29 is 101 Å². The van der Waals surface area contributed by atoms with Gasteiger partial charge >= 0.3 is 0 Å². The van der Waals surface area contributed by atoms with Gasteiger partial charge in [-0.25, -0.2) is 0 Å². The number of rotatable bonds is 0. The van der Waals surface area contributed by atoms with E-state index in [0.29, 0.717) is 0 Å². The molecule has 14 heterocycles. The second-order valence-corrected chi connectivity index (χ2v) is 25.6. The molecule has 0 amide bonds. The van der Waals surface area contributed by atoms with E-state index >= 15 is 0 Å². The number of imidazole rings is 4. The van der Waals surface area contributed by atoms with Crippen LogP contribution < -0.4 is 0 Å². The second-order valence-electron chi connectivity index (χ2n) is 23.5. The fraction of sp³-hybridized carbons (Fsp3) is 0.0250. The van der Waals surface area contributed by atoms with Crippen molar-refractivity contribution in [2.45, 2.75) is 0 Å². The molecule has 0 spiro atoms. The summed E-state index contributed by atoms with van der Waals surface area (Å²) in [6.45, 7) is 0. The Bertz CT molecular complexity index is 7010. The molecule has 100 heavy (non-hydrogen) atoms. The first kappa shape index (κ1) is 68.1. The molecule has 5 radical (unpaired) electrons. The van der Waals surface area contributed by atoms with Crippen LogP contribution in [0.5, 0.6) is 0 Å². The first-order valence-electron chi connectivity index (χ1n) is 31.0. The van der Waals surface area contributed by atoms with Gasteiger partial charge in [0.05, 0.1) is 39.3 Å². The number of hydrogen-bond donors (Lipinski definition) is 0. The summed E-state index contributed by atoms with van der Waals surface area (Å²) in [6.07, 6.45) is 25.2. The standard InChI is InChI=1S/C21H11N2S.C18H12N3.C17H9N2S.C14H10N3.C10H6N3.5Ir/c1-2-6-14-13(5-1)9-10-23-18-12-20-16(11-17(18)22-21(14)23)15-7-3-4-8-19(15)24-20;1-20-16-5-3-2-4-12(16)13-6-7-15-14(17(13)20)8-10-21-11-9-19-18(15)21;1-2-4-14-13(3-1)16-11-7-9-19-10-8-18-17(19)12(11)5-6-15(16)20-14;1-16-7-4-10-2-3-12-11(13(10)16)5-8-17-9-6-15-14(12)17;1-2-4-9-8(3-1)5-6-13-10(9)11-7-12-13;;;;;/h1-5,7-12H;2-6,8-11H,1H3;1-4,6-10H;2,4-9H,1H3;1-3,5-7H;;;;;/q5*-1;;;;;. The van der Waals surface area contributed by atoms with Gasteiger partial charge in [-0.2, -0.15) is 16.4 Å². The molecule has 14 aromatic heterocycles. The van der Waals surface area contributed by atoms with E-state index in [-0.39, 0.29) is 101 Å². The zero-order chi connectivity index (χ0) is 62.8. The van der Waals surface area contributed by atoms with Crippen molar-refractivity contribution in [2.24, 2.45) is 14.1 Å². The summed E-state index contributed by atoms with van der Waals surface area (Å²) in [4.78, 5) is 22.4. The maximum absolute atomic E-state index is 4.92. The molecule has 23 aromatic rings. The Labute approximate surface area is 645 Å². The number of hydrogen-bond acceptors (Lipinski definition) is 8. The Morgan fingerprint density at radius 1 is 0.360 bits per heavy atom. The molecule has 9 aromatic carbocycles. The van der Waals surface area contributed by atoms with E-state index in [1.807, 2.05) is 128 Å². The molecule has 0 saturated heterocycles. The van der Waals surface area contributed by atoms with E-state index in [9.17, 15) is 0 Å². The number of aryl methyl sites for hydroxylation is 2. The van der Waals surface area contributed by atoms with E-state index in [1.165, 1.54) is 94.6 Å². The van der Waals surface area contributed by atoms with Gasteiger partial charge in [-0.1, -0.05) is 139 Å². The number of pyridine rings is 5. The van der Waals surface area contributed by atoms with Gasteiger partial charge in [0, 0.05) is 188 Å². The first-order valence-corrected chi connectivity index (χ1v) is 32.6. The number of nitrogens with zero attached hydrogens (tertiary/aromatic N) is 13. The summed E-state index contributed by atoms with van der Waals surface area (Å²) in [6, 6.07) is 77.7. The van der Waals surface area contributed by atoms with Gasteiger partial charge in [-0.05, 0) is 87.8 Å². The SMILES string of the molecule is Cn1c2ccccc2c2c[c-]c3c(ccn4ccnc34)c21.Cn1ccc2c[c-]c3c(ccn4ccnc34)c21.[Ir].[Ir].[Ir].[Ir].[Ir].[c-]1cc2sc3ccccc3c2c2ccn3ccnc3c12.[c-]1cccc2ccn3c4cc5sc6ccccc6c5cc4nc3c12.[c-]1cccc2ccn3ncnc3c12. The summed E-state index contributed by atoms with van der Waals surface area (Å²) < 4.78 is 19.7. The van der Waals surface area contributed by atoms with E-state index in [0.717, 1.165) is 71.6 Å². The minimum absolute atomic E-state index is 0. The van der Waals surface area contributed by atoms with Crippen LogP contribution in [-0.2, 0) is 115 Å². The van der Waals surface area contributed by atoms with Gasteiger partial charge in [0.15, 0.2) is 0 Å². The van der Waals surface area contributed by atoms with Gasteiger partial charge in [0.25, 0.3) is 0 Å². The van der Waals surface area contributed by atoms with Gasteiger partial charge < -0.3 is 26.7 Å². The number of para-hydroxylation sites is 1. The molecule has 13 nitrogen and oxygen atoms in total. The zero-order valence-corrected chi connectivity index (χ0v) is 66.2. The van der Waals surface area contributed by atoms with Crippen LogP contribution in [0.2, 0.25) is 0 Å². The number of benzene rings is 9. The maximum atomic E-state index is 4.92. The molecule has 0 saturated carbocycles. The van der Waals surface area contributed by atoms with Gasteiger partial charge in [-0.15, -0.1) is 118 Å². The largest absolute Gasteiger partial charge is 0.368 e. The molecule has 0 atom stereocenters. The molecule has 0 aliphatic rings. The molecule has 0 bridgehead atoms. The van der Waals surface area contributed by atoms with Crippen molar-refractivity contribution in [2.75, 3.05) is 0 Å². The smallest absolute Gasteiger partial charge is 0.127 e. The average molecular weight is 2220 g/mol. The monoisotopic (exact) mass is 2220 g/mol. The molecule has 495 valence electrons. The van der Waals surface area contributed by atoms with Crippen molar-refractivity contribution in [3.8, 4) is 0 Å². The third-order valence-corrected chi connectivity index (χ3v) is 20.5. The summed E-state index contributed by atoms with van der Waals surface area (Å²) in [5.74, 6) is 0. The normalized spacial score (nSPS) is 11.3. The molecule has 0 N–H and O–H groups in total. The van der Waals surface area contributed by atoms with Crippen LogP contribution in [0.3, 0.4) is 0 Å². The third-order valence-electron chi connectivity index (χ3n) is 18.2.